The molecule has 0 bridgehead atoms. The Labute approximate surface area is 95.0 Å². The van der Waals surface area contributed by atoms with E-state index in [1.165, 1.54) is 6.42 Å². The molecule has 0 saturated heterocycles. The van der Waals surface area contributed by atoms with Gasteiger partial charge in [0.15, 0.2) is 0 Å². The SMILES string of the molecule is O=C(CC1CCC1)OC(C(=O)O)C1CCC1. The highest BCUT2D eigenvalue weighted by molar-refractivity contribution is 5.78. The van der Waals surface area contributed by atoms with Crippen LogP contribution in [0.4, 0.5) is 0 Å². The molecule has 2 saturated carbocycles. The zero-order valence-electron chi connectivity index (χ0n) is 9.35. The number of hydrogen-bond acceptors (Lipinski definition) is 3. The maximum atomic E-state index is 11.5. The van der Waals surface area contributed by atoms with Crippen molar-refractivity contribution in [2.24, 2.45) is 11.8 Å². The number of rotatable bonds is 5. The maximum absolute atomic E-state index is 11.5. The molecule has 2 aliphatic carbocycles. The summed E-state index contributed by atoms with van der Waals surface area (Å²) in [5, 5.41) is 8.99. The van der Waals surface area contributed by atoms with E-state index in [0.29, 0.717) is 12.3 Å². The lowest BCUT2D eigenvalue weighted by molar-refractivity contribution is -0.171. The lowest BCUT2D eigenvalue weighted by Gasteiger charge is -2.31. The van der Waals surface area contributed by atoms with E-state index in [2.05, 4.69) is 0 Å². The number of carbonyl (C=O) groups excluding carboxylic acids is 1. The van der Waals surface area contributed by atoms with Gasteiger partial charge in [-0.3, -0.25) is 4.79 Å². The van der Waals surface area contributed by atoms with Gasteiger partial charge in [0.2, 0.25) is 6.10 Å². The average Bonchev–Trinajstić information content (AvgIpc) is 2.07. The molecule has 0 spiro atoms. The van der Waals surface area contributed by atoms with Gasteiger partial charge in [0.1, 0.15) is 0 Å². The summed E-state index contributed by atoms with van der Waals surface area (Å²) in [6.07, 6.45) is 5.63. The van der Waals surface area contributed by atoms with Gasteiger partial charge in [-0.1, -0.05) is 12.8 Å². The average molecular weight is 226 g/mol. The van der Waals surface area contributed by atoms with Crippen molar-refractivity contribution >= 4 is 11.9 Å². The highest BCUT2D eigenvalue weighted by Crippen LogP contribution is 2.33. The van der Waals surface area contributed by atoms with Crippen molar-refractivity contribution in [3.05, 3.63) is 0 Å². The Balaban J connectivity index is 1.79. The van der Waals surface area contributed by atoms with Gasteiger partial charge in [0, 0.05) is 12.3 Å². The van der Waals surface area contributed by atoms with Gasteiger partial charge in [0.25, 0.3) is 0 Å². The normalized spacial score (nSPS) is 23.0. The Morgan fingerprint density at radius 2 is 1.81 bits per heavy atom. The second-order valence-corrected chi connectivity index (χ2v) is 4.94. The Morgan fingerprint density at radius 3 is 2.19 bits per heavy atom. The zero-order chi connectivity index (χ0) is 11.5. The van der Waals surface area contributed by atoms with Crippen molar-refractivity contribution in [2.75, 3.05) is 0 Å². The summed E-state index contributed by atoms with van der Waals surface area (Å²) >= 11 is 0. The molecule has 2 rings (SSSR count). The largest absolute Gasteiger partial charge is 0.478 e. The monoisotopic (exact) mass is 226 g/mol. The lowest BCUT2D eigenvalue weighted by Crippen LogP contribution is -2.38. The minimum Gasteiger partial charge on any atom is -0.478 e. The first-order valence-electron chi connectivity index (χ1n) is 6.09. The first-order valence-corrected chi connectivity index (χ1v) is 6.09. The molecule has 2 fully saturated rings. The molecule has 0 aromatic heterocycles. The molecule has 90 valence electrons. The molecule has 0 radical (unpaired) electrons. The molecule has 1 N–H and O–H groups in total. The third-order valence-corrected chi connectivity index (χ3v) is 3.76. The number of carboxylic acids is 1. The van der Waals surface area contributed by atoms with Crippen LogP contribution in [-0.2, 0) is 14.3 Å². The summed E-state index contributed by atoms with van der Waals surface area (Å²) in [5.41, 5.74) is 0. The van der Waals surface area contributed by atoms with Crippen molar-refractivity contribution in [2.45, 2.75) is 51.0 Å². The second-order valence-electron chi connectivity index (χ2n) is 4.94. The molecule has 16 heavy (non-hydrogen) atoms. The first-order chi connectivity index (χ1) is 7.66. The Kier molecular flexibility index (Phi) is 3.46. The highest BCUT2D eigenvalue weighted by Gasteiger charge is 2.36. The lowest BCUT2D eigenvalue weighted by atomic mass is 9.80. The standard InChI is InChI=1S/C12H18O4/c13-10(7-8-3-1-4-8)16-11(12(14)15)9-5-2-6-9/h8-9,11H,1-7H2,(H,14,15). The van der Waals surface area contributed by atoms with Gasteiger partial charge >= 0.3 is 11.9 Å². The molecule has 2 aliphatic rings. The molecule has 0 heterocycles. The van der Waals surface area contributed by atoms with Crippen molar-refractivity contribution in [3.63, 3.8) is 0 Å². The highest BCUT2D eigenvalue weighted by atomic mass is 16.6. The molecule has 1 atom stereocenters. The van der Waals surface area contributed by atoms with Crippen molar-refractivity contribution < 1.29 is 19.4 Å². The molecule has 1 unspecified atom stereocenters. The van der Waals surface area contributed by atoms with Crippen LogP contribution in [0.5, 0.6) is 0 Å². The van der Waals surface area contributed by atoms with E-state index >= 15 is 0 Å². The molecular weight excluding hydrogens is 208 g/mol. The second kappa shape index (κ2) is 4.85. The smallest absolute Gasteiger partial charge is 0.345 e. The minimum atomic E-state index is -0.994. The van der Waals surface area contributed by atoms with Gasteiger partial charge in [0.05, 0.1) is 0 Å². The number of carboxylic acid groups (broad SMARTS) is 1. The number of ether oxygens (including phenoxy) is 1. The summed E-state index contributed by atoms with van der Waals surface area (Å²) in [6.45, 7) is 0. The molecular formula is C12H18O4. The van der Waals surface area contributed by atoms with E-state index in [-0.39, 0.29) is 11.9 Å². The first kappa shape index (κ1) is 11.4. The quantitative estimate of drug-likeness (QED) is 0.728. The Morgan fingerprint density at radius 1 is 1.19 bits per heavy atom. The fraction of sp³-hybridized carbons (Fsp3) is 0.833. The van der Waals surface area contributed by atoms with E-state index in [1.54, 1.807) is 0 Å². The van der Waals surface area contributed by atoms with Crippen molar-refractivity contribution in [1.82, 2.24) is 0 Å². The summed E-state index contributed by atoms with van der Waals surface area (Å²) in [5.74, 6) is -0.846. The number of aliphatic carboxylic acids is 1. The van der Waals surface area contributed by atoms with Crippen LogP contribution in [0, 0.1) is 11.8 Å². The fourth-order valence-electron chi connectivity index (χ4n) is 2.21. The van der Waals surface area contributed by atoms with Crippen molar-refractivity contribution in [3.8, 4) is 0 Å². The third-order valence-electron chi connectivity index (χ3n) is 3.76. The van der Waals surface area contributed by atoms with Gasteiger partial charge in [-0.2, -0.15) is 0 Å². The fourth-order valence-corrected chi connectivity index (χ4v) is 2.21. The predicted octanol–water partition coefficient (Wildman–Crippen LogP) is 1.97. The maximum Gasteiger partial charge on any atom is 0.345 e. The van der Waals surface area contributed by atoms with E-state index in [1.807, 2.05) is 0 Å². The summed E-state index contributed by atoms with van der Waals surface area (Å²) in [7, 11) is 0. The van der Waals surface area contributed by atoms with E-state index in [9.17, 15) is 9.59 Å². The molecule has 0 aromatic carbocycles. The van der Waals surface area contributed by atoms with Crippen LogP contribution in [-0.4, -0.2) is 23.1 Å². The van der Waals surface area contributed by atoms with Crippen LogP contribution < -0.4 is 0 Å². The van der Waals surface area contributed by atoms with Gasteiger partial charge < -0.3 is 9.84 Å². The van der Waals surface area contributed by atoms with Gasteiger partial charge in [-0.25, -0.2) is 4.79 Å². The summed E-state index contributed by atoms with van der Waals surface area (Å²) in [4.78, 5) is 22.5. The molecule has 0 aliphatic heterocycles. The summed E-state index contributed by atoms with van der Waals surface area (Å²) < 4.78 is 5.08. The van der Waals surface area contributed by atoms with Crippen LogP contribution in [0.25, 0.3) is 0 Å². The van der Waals surface area contributed by atoms with E-state index < -0.39 is 12.1 Å². The molecule has 0 amide bonds. The van der Waals surface area contributed by atoms with Crippen LogP contribution in [0.1, 0.15) is 44.9 Å². The zero-order valence-corrected chi connectivity index (χ0v) is 9.35. The Hall–Kier alpha value is -1.06. The van der Waals surface area contributed by atoms with Gasteiger partial charge in [-0.05, 0) is 31.6 Å². The predicted molar refractivity (Wildman–Crippen MR) is 56.8 cm³/mol. The molecule has 4 nitrogen and oxygen atoms in total. The number of carbonyl (C=O) groups is 2. The molecule has 4 heteroatoms. The van der Waals surface area contributed by atoms with Crippen LogP contribution in [0.3, 0.4) is 0 Å². The Bertz CT molecular complexity index is 279. The minimum absolute atomic E-state index is 0.0443. The molecule has 0 aromatic rings. The van der Waals surface area contributed by atoms with Crippen LogP contribution >= 0.6 is 0 Å². The van der Waals surface area contributed by atoms with Crippen LogP contribution in [0.15, 0.2) is 0 Å². The van der Waals surface area contributed by atoms with E-state index in [4.69, 9.17) is 9.84 Å². The topological polar surface area (TPSA) is 63.6 Å². The number of esters is 1. The van der Waals surface area contributed by atoms with E-state index in [0.717, 1.165) is 32.1 Å². The summed E-state index contributed by atoms with van der Waals surface area (Å²) in [6, 6.07) is 0. The third kappa shape index (κ3) is 2.54. The number of hydrogen-bond donors (Lipinski definition) is 1. The van der Waals surface area contributed by atoms with Crippen molar-refractivity contribution in [1.29, 1.82) is 0 Å². The van der Waals surface area contributed by atoms with Gasteiger partial charge in [-0.15, -0.1) is 0 Å². The van der Waals surface area contributed by atoms with Crippen LogP contribution in [0.2, 0.25) is 0 Å².